The monoisotopic (exact) mass is 272 g/mol. The lowest BCUT2D eigenvalue weighted by atomic mass is 10.4. The molecule has 0 aliphatic rings. The van der Waals surface area contributed by atoms with Crippen LogP contribution in [0.2, 0.25) is 0 Å². The second-order valence-electron chi connectivity index (χ2n) is 3.96. The number of hydrogen-bond acceptors (Lipinski definition) is 5. The summed E-state index contributed by atoms with van der Waals surface area (Å²) < 4.78 is 9.45. The zero-order valence-electron chi connectivity index (χ0n) is 11.6. The maximum Gasteiger partial charge on any atom is 0.331 e. The van der Waals surface area contributed by atoms with Crippen molar-refractivity contribution in [3.05, 3.63) is 12.2 Å². The summed E-state index contributed by atoms with van der Waals surface area (Å²) in [6.07, 6.45) is 1.98. The van der Waals surface area contributed by atoms with Gasteiger partial charge in [0.25, 0.3) is 0 Å². The molecule has 0 saturated carbocycles. The number of nitrogens with one attached hydrogen (secondary N) is 1. The molecule has 7 nitrogen and oxygen atoms in total. The van der Waals surface area contributed by atoms with Gasteiger partial charge >= 0.3 is 18.0 Å². The maximum absolute atomic E-state index is 11.3. The molecular formula is C12H20N2O5. The summed E-state index contributed by atoms with van der Waals surface area (Å²) in [7, 11) is 3.21. The van der Waals surface area contributed by atoms with E-state index in [4.69, 9.17) is 4.74 Å². The van der Waals surface area contributed by atoms with Crippen LogP contribution in [-0.2, 0) is 19.1 Å². The molecule has 0 radical (unpaired) electrons. The highest BCUT2D eigenvalue weighted by Gasteiger charge is 2.10. The van der Waals surface area contributed by atoms with Crippen LogP contribution in [0.25, 0.3) is 0 Å². The second-order valence-corrected chi connectivity index (χ2v) is 3.96. The molecule has 0 aromatic rings. The van der Waals surface area contributed by atoms with Gasteiger partial charge < -0.3 is 19.7 Å². The first-order valence-electron chi connectivity index (χ1n) is 5.86. The number of amides is 2. The van der Waals surface area contributed by atoms with Gasteiger partial charge in [-0.1, -0.05) is 0 Å². The Balaban J connectivity index is 3.96. The standard InChI is InChI=1S/C12H20N2O5/c1-5-18-10(15)6-7-11(16)19-8-9(2)13-12(17)14(3)4/h6-7,9H,5,8H2,1-4H3,(H,13,17)/b7-6+/t9-/m1/s1. The Kier molecular flexibility index (Phi) is 7.99. The van der Waals surface area contributed by atoms with Gasteiger partial charge in [0.05, 0.1) is 12.6 Å². The summed E-state index contributed by atoms with van der Waals surface area (Å²) >= 11 is 0. The Bertz CT molecular complexity index is 352. The minimum atomic E-state index is -0.668. The van der Waals surface area contributed by atoms with Crippen LogP contribution >= 0.6 is 0 Å². The van der Waals surface area contributed by atoms with E-state index in [9.17, 15) is 14.4 Å². The third-order valence-electron chi connectivity index (χ3n) is 1.89. The van der Waals surface area contributed by atoms with Gasteiger partial charge in [-0.25, -0.2) is 14.4 Å². The van der Waals surface area contributed by atoms with Crippen molar-refractivity contribution in [2.24, 2.45) is 0 Å². The number of esters is 2. The number of ether oxygens (including phenoxy) is 2. The predicted molar refractivity (Wildman–Crippen MR) is 68.4 cm³/mol. The fourth-order valence-electron chi connectivity index (χ4n) is 0.963. The van der Waals surface area contributed by atoms with E-state index in [-0.39, 0.29) is 25.3 Å². The van der Waals surface area contributed by atoms with E-state index >= 15 is 0 Å². The molecule has 0 aromatic carbocycles. The van der Waals surface area contributed by atoms with E-state index in [0.717, 1.165) is 12.2 Å². The molecule has 0 saturated heterocycles. The Morgan fingerprint density at radius 1 is 1.16 bits per heavy atom. The van der Waals surface area contributed by atoms with Gasteiger partial charge in [-0.2, -0.15) is 0 Å². The molecule has 0 aliphatic carbocycles. The van der Waals surface area contributed by atoms with Crippen molar-refractivity contribution in [3.8, 4) is 0 Å². The SMILES string of the molecule is CCOC(=O)/C=C/C(=O)OC[C@@H](C)NC(=O)N(C)C. The normalized spacial score (nSPS) is 11.8. The van der Waals surface area contributed by atoms with Crippen LogP contribution in [-0.4, -0.2) is 56.2 Å². The molecule has 0 fully saturated rings. The fraction of sp³-hybridized carbons (Fsp3) is 0.583. The third kappa shape index (κ3) is 8.64. The minimum Gasteiger partial charge on any atom is -0.463 e. The topological polar surface area (TPSA) is 84.9 Å². The van der Waals surface area contributed by atoms with E-state index in [1.165, 1.54) is 4.90 Å². The van der Waals surface area contributed by atoms with Crippen LogP contribution in [0, 0.1) is 0 Å². The highest BCUT2D eigenvalue weighted by Crippen LogP contribution is 1.90. The molecule has 108 valence electrons. The van der Waals surface area contributed by atoms with Crippen molar-refractivity contribution < 1.29 is 23.9 Å². The number of carbonyl (C=O) groups is 3. The van der Waals surface area contributed by atoms with Gasteiger partial charge in [-0.05, 0) is 13.8 Å². The highest BCUT2D eigenvalue weighted by atomic mass is 16.5. The quantitative estimate of drug-likeness (QED) is 0.555. The van der Waals surface area contributed by atoms with Gasteiger partial charge in [0.2, 0.25) is 0 Å². The number of hydrogen-bond donors (Lipinski definition) is 1. The summed E-state index contributed by atoms with van der Waals surface area (Å²) in [6, 6.07) is -0.597. The molecule has 0 rings (SSSR count). The molecule has 19 heavy (non-hydrogen) atoms. The first-order valence-corrected chi connectivity index (χ1v) is 5.86. The smallest absolute Gasteiger partial charge is 0.331 e. The summed E-state index contributed by atoms with van der Waals surface area (Å²) in [4.78, 5) is 34.8. The summed E-state index contributed by atoms with van der Waals surface area (Å²) in [5.74, 6) is -1.27. The van der Waals surface area contributed by atoms with Crippen molar-refractivity contribution in [2.75, 3.05) is 27.3 Å². The van der Waals surface area contributed by atoms with Gasteiger partial charge in [-0.15, -0.1) is 0 Å². The molecule has 1 N–H and O–H groups in total. The minimum absolute atomic E-state index is 0.0194. The lowest BCUT2D eigenvalue weighted by Gasteiger charge is -2.17. The van der Waals surface area contributed by atoms with E-state index in [0.29, 0.717) is 0 Å². The summed E-state index contributed by atoms with van der Waals surface area (Å²) in [5, 5.41) is 2.61. The zero-order chi connectivity index (χ0) is 14.8. The largest absolute Gasteiger partial charge is 0.463 e. The van der Waals surface area contributed by atoms with Crippen molar-refractivity contribution in [2.45, 2.75) is 19.9 Å². The predicted octanol–water partition coefficient (Wildman–Crippen LogP) is 0.309. The van der Waals surface area contributed by atoms with Crippen LogP contribution < -0.4 is 5.32 Å². The van der Waals surface area contributed by atoms with E-state index in [2.05, 4.69) is 10.1 Å². The summed E-state index contributed by atoms with van der Waals surface area (Å²) in [5.41, 5.74) is 0. The van der Waals surface area contributed by atoms with Crippen LogP contribution in [0.4, 0.5) is 4.79 Å². The molecule has 0 heterocycles. The Labute approximate surface area is 112 Å². The first-order chi connectivity index (χ1) is 8.86. The van der Waals surface area contributed by atoms with E-state index in [1.54, 1.807) is 27.9 Å². The molecule has 1 atom stereocenters. The number of carbonyl (C=O) groups excluding carboxylic acids is 3. The second kappa shape index (κ2) is 8.96. The summed E-state index contributed by atoms with van der Waals surface area (Å²) in [6.45, 7) is 3.63. The van der Waals surface area contributed by atoms with Crippen molar-refractivity contribution >= 4 is 18.0 Å². The molecule has 0 aromatic heterocycles. The fourth-order valence-corrected chi connectivity index (χ4v) is 0.963. The molecular weight excluding hydrogens is 252 g/mol. The lowest BCUT2D eigenvalue weighted by Crippen LogP contribution is -2.42. The Morgan fingerprint density at radius 2 is 1.68 bits per heavy atom. The van der Waals surface area contributed by atoms with Gasteiger partial charge in [0.15, 0.2) is 0 Å². The van der Waals surface area contributed by atoms with Gasteiger partial charge in [-0.3, -0.25) is 0 Å². The average Bonchev–Trinajstić information content (AvgIpc) is 2.34. The first kappa shape index (κ1) is 16.9. The van der Waals surface area contributed by atoms with E-state index < -0.39 is 11.9 Å². The van der Waals surface area contributed by atoms with Crippen LogP contribution in [0.5, 0.6) is 0 Å². The van der Waals surface area contributed by atoms with Crippen LogP contribution in [0.1, 0.15) is 13.8 Å². The average molecular weight is 272 g/mol. The molecule has 0 aliphatic heterocycles. The third-order valence-corrected chi connectivity index (χ3v) is 1.89. The Hall–Kier alpha value is -2.05. The van der Waals surface area contributed by atoms with Crippen molar-refractivity contribution in [3.63, 3.8) is 0 Å². The maximum atomic E-state index is 11.3. The number of nitrogens with zero attached hydrogens (tertiary/aromatic N) is 1. The van der Waals surface area contributed by atoms with E-state index in [1.807, 2.05) is 0 Å². The number of rotatable bonds is 6. The number of urea groups is 1. The zero-order valence-corrected chi connectivity index (χ0v) is 11.6. The highest BCUT2D eigenvalue weighted by molar-refractivity contribution is 5.91. The van der Waals surface area contributed by atoms with Crippen molar-refractivity contribution in [1.29, 1.82) is 0 Å². The molecule has 2 amide bonds. The van der Waals surface area contributed by atoms with Crippen LogP contribution in [0.3, 0.4) is 0 Å². The Morgan fingerprint density at radius 3 is 2.16 bits per heavy atom. The molecule has 0 spiro atoms. The van der Waals surface area contributed by atoms with Gasteiger partial charge in [0, 0.05) is 26.2 Å². The van der Waals surface area contributed by atoms with Gasteiger partial charge in [0.1, 0.15) is 6.61 Å². The van der Waals surface area contributed by atoms with Crippen molar-refractivity contribution in [1.82, 2.24) is 10.2 Å². The molecule has 0 unspecified atom stereocenters. The molecule has 7 heteroatoms. The lowest BCUT2D eigenvalue weighted by molar-refractivity contribution is -0.140. The molecule has 0 bridgehead atoms. The van der Waals surface area contributed by atoms with Crippen LogP contribution in [0.15, 0.2) is 12.2 Å².